The Morgan fingerprint density at radius 2 is 1.86 bits per heavy atom. The molecule has 0 unspecified atom stereocenters. The van der Waals surface area contributed by atoms with Crippen LogP contribution in [0.4, 0.5) is 5.95 Å². The van der Waals surface area contributed by atoms with Crippen LogP contribution < -0.4 is 5.32 Å². The van der Waals surface area contributed by atoms with E-state index >= 15 is 0 Å². The van der Waals surface area contributed by atoms with Crippen molar-refractivity contribution in [3.8, 4) is 11.3 Å². The van der Waals surface area contributed by atoms with Gasteiger partial charge in [0.25, 0.3) is 11.9 Å². The maximum atomic E-state index is 12.2. The molecule has 146 valence electrons. The van der Waals surface area contributed by atoms with Crippen LogP contribution in [0.25, 0.3) is 22.3 Å². The number of thiazole rings is 1. The van der Waals surface area contributed by atoms with Crippen molar-refractivity contribution in [1.29, 1.82) is 0 Å². The molecule has 4 rings (SSSR count). The molecule has 0 aliphatic carbocycles. The zero-order valence-corrected chi connectivity index (χ0v) is 18.2. The molecular weight excluding hydrogens is 474 g/mol. The van der Waals surface area contributed by atoms with Crippen molar-refractivity contribution in [2.75, 3.05) is 5.32 Å². The summed E-state index contributed by atoms with van der Waals surface area (Å²) in [7, 11) is 0. The number of carbonyl (C=O) groups is 1. The summed E-state index contributed by atoms with van der Waals surface area (Å²) < 4.78 is 1.62. The van der Waals surface area contributed by atoms with Crippen LogP contribution in [0.15, 0.2) is 47.9 Å². The lowest BCUT2D eigenvalue weighted by molar-refractivity contribution is -0.111. The van der Waals surface area contributed by atoms with E-state index in [1.807, 2.05) is 11.4 Å². The van der Waals surface area contributed by atoms with E-state index in [2.05, 4.69) is 15.4 Å². The van der Waals surface area contributed by atoms with Gasteiger partial charge in [0.1, 0.15) is 0 Å². The molecule has 10 heteroatoms. The van der Waals surface area contributed by atoms with E-state index < -0.39 is 0 Å². The van der Waals surface area contributed by atoms with Gasteiger partial charge < -0.3 is 0 Å². The second-order valence-corrected chi connectivity index (χ2v) is 8.37. The minimum absolute atomic E-state index is 0.187. The molecule has 1 amide bonds. The van der Waals surface area contributed by atoms with Crippen LogP contribution in [-0.2, 0) is 4.79 Å². The van der Waals surface area contributed by atoms with Gasteiger partial charge in [0.05, 0.1) is 20.8 Å². The van der Waals surface area contributed by atoms with Crippen molar-refractivity contribution in [2.45, 2.75) is 0 Å². The van der Waals surface area contributed by atoms with E-state index in [0.29, 0.717) is 25.1 Å². The predicted molar refractivity (Wildman–Crippen MR) is 120 cm³/mol. The highest BCUT2D eigenvalue weighted by Gasteiger charge is 2.15. The first-order valence-corrected chi connectivity index (χ1v) is 10.5. The maximum Gasteiger partial charge on any atom is 0.250 e. The zero-order valence-electron chi connectivity index (χ0n) is 14.4. The second-order valence-electron chi connectivity index (χ2n) is 5.87. The molecule has 2 heterocycles. The minimum atomic E-state index is -0.375. The summed E-state index contributed by atoms with van der Waals surface area (Å²) in [6, 6.07) is 10.3. The number of nitrogens with one attached hydrogen (secondary N) is 1. The SMILES string of the molecule is O=C(/C=C/c1ccc(Cl)c(Cl)c1)Nc1nc2scc(-c3ccc(Cl)cc3Cl)n2n1. The molecule has 1 N–H and O–H groups in total. The van der Waals surface area contributed by atoms with Crippen LogP contribution in [-0.4, -0.2) is 20.5 Å². The fraction of sp³-hybridized carbons (Fsp3) is 0. The summed E-state index contributed by atoms with van der Waals surface area (Å²) in [4.78, 5) is 17.1. The Kier molecular flexibility index (Phi) is 5.81. The van der Waals surface area contributed by atoms with E-state index in [4.69, 9.17) is 46.4 Å². The first-order valence-electron chi connectivity index (χ1n) is 8.14. The standard InChI is InChI=1S/C19H10Cl4N4OS/c20-11-3-4-12(14(22)8-11)16-9-29-19-25-18(26-27(16)19)24-17(28)6-2-10-1-5-13(21)15(23)7-10/h1-9H,(H,24,26,28)/b6-2+. The molecule has 29 heavy (non-hydrogen) atoms. The number of aromatic nitrogens is 3. The lowest BCUT2D eigenvalue weighted by Gasteiger charge is -2.02. The summed E-state index contributed by atoms with van der Waals surface area (Å²) in [5, 5.41) is 10.8. The average molecular weight is 484 g/mol. The van der Waals surface area contributed by atoms with E-state index in [9.17, 15) is 4.79 Å². The summed E-state index contributed by atoms with van der Waals surface area (Å²) >= 11 is 25.5. The van der Waals surface area contributed by atoms with Crippen LogP contribution in [0.2, 0.25) is 20.1 Å². The van der Waals surface area contributed by atoms with Crippen molar-refractivity contribution in [3.05, 3.63) is 73.5 Å². The maximum absolute atomic E-state index is 12.2. The number of hydrogen-bond acceptors (Lipinski definition) is 4. The van der Waals surface area contributed by atoms with Crippen LogP contribution in [0, 0.1) is 0 Å². The Bertz CT molecular complexity index is 1260. The van der Waals surface area contributed by atoms with Gasteiger partial charge in [-0.1, -0.05) is 52.5 Å². The highest BCUT2D eigenvalue weighted by Crippen LogP contribution is 2.33. The topological polar surface area (TPSA) is 59.3 Å². The number of fused-ring (bicyclic) bond motifs is 1. The minimum Gasteiger partial charge on any atom is -0.290 e. The molecule has 2 aromatic carbocycles. The van der Waals surface area contributed by atoms with Crippen molar-refractivity contribution >= 4 is 80.6 Å². The third kappa shape index (κ3) is 4.42. The van der Waals surface area contributed by atoms with Crippen LogP contribution >= 0.6 is 57.7 Å². The van der Waals surface area contributed by atoms with E-state index in [1.54, 1.807) is 40.9 Å². The van der Waals surface area contributed by atoms with Crippen LogP contribution in [0.5, 0.6) is 0 Å². The van der Waals surface area contributed by atoms with E-state index in [1.165, 1.54) is 17.4 Å². The van der Waals surface area contributed by atoms with Gasteiger partial charge in [0, 0.05) is 22.0 Å². The predicted octanol–water partition coefficient (Wildman–Crippen LogP) is 6.72. The van der Waals surface area contributed by atoms with Crippen molar-refractivity contribution in [3.63, 3.8) is 0 Å². The van der Waals surface area contributed by atoms with Gasteiger partial charge in [-0.2, -0.15) is 4.98 Å². The molecule has 0 bridgehead atoms. The Labute approximate surface area is 189 Å². The normalized spacial score (nSPS) is 11.4. The van der Waals surface area contributed by atoms with Gasteiger partial charge in [0.2, 0.25) is 4.96 Å². The zero-order chi connectivity index (χ0) is 20.5. The van der Waals surface area contributed by atoms with Gasteiger partial charge in [-0.15, -0.1) is 16.4 Å². The quantitative estimate of drug-likeness (QED) is 0.327. The first kappa shape index (κ1) is 20.2. The number of halogens is 4. The molecule has 0 spiro atoms. The van der Waals surface area contributed by atoms with Crippen LogP contribution in [0.3, 0.4) is 0 Å². The first-order chi connectivity index (χ1) is 13.9. The number of nitrogens with zero attached hydrogens (tertiary/aromatic N) is 3. The summed E-state index contributed by atoms with van der Waals surface area (Å²) in [6.45, 7) is 0. The monoisotopic (exact) mass is 482 g/mol. The van der Waals surface area contributed by atoms with E-state index in [0.717, 1.165) is 16.8 Å². The molecule has 4 aromatic rings. The highest BCUT2D eigenvalue weighted by atomic mass is 35.5. The Balaban J connectivity index is 1.54. The summed E-state index contributed by atoms with van der Waals surface area (Å²) in [6.07, 6.45) is 2.99. The van der Waals surface area contributed by atoms with Crippen molar-refractivity contribution in [1.82, 2.24) is 14.6 Å². The van der Waals surface area contributed by atoms with E-state index in [-0.39, 0.29) is 11.9 Å². The van der Waals surface area contributed by atoms with Gasteiger partial charge in [-0.3, -0.25) is 10.1 Å². The Hall–Kier alpha value is -2.09. The average Bonchev–Trinajstić information content (AvgIpc) is 3.23. The summed E-state index contributed by atoms with van der Waals surface area (Å²) in [5.41, 5.74) is 2.27. The van der Waals surface area contributed by atoms with Gasteiger partial charge in [-0.25, -0.2) is 4.52 Å². The fourth-order valence-electron chi connectivity index (χ4n) is 2.56. The van der Waals surface area contributed by atoms with Gasteiger partial charge in [0.15, 0.2) is 0 Å². The Morgan fingerprint density at radius 1 is 1.03 bits per heavy atom. The van der Waals surface area contributed by atoms with Gasteiger partial charge in [-0.05, 0) is 42.0 Å². The molecule has 0 saturated heterocycles. The van der Waals surface area contributed by atoms with Crippen molar-refractivity contribution in [2.24, 2.45) is 0 Å². The number of carbonyl (C=O) groups excluding carboxylic acids is 1. The molecule has 0 saturated carbocycles. The third-order valence-electron chi connectivity index (χ3n) is 3.89. The lowest BCUT2D eigenvalue weighted by Crippen LogP contribution is -2.09. The second kappa shape index (κ2) is 8.34. The number of hydrogen-bond donors (Lipinski definition) is 1. The Morgan fingerprint density at radius 3 is 2.62 bits per heavy atom. The molecule has 0 fully saturated rings. The lowest BCUT2D eigenvalue weighted by atomic mass is 10.2. The largest absolute Gasteiger partial charge is 0.290 e. The van der Waals surface area contributed by atoms with Crippen molar-refractivity contribution < 1.29 is 4.79 Å². The number of anilines is 1. The fourth-order valence-corrected chi connectivity index (χ4v) is 4.19. The third-order valence-corrected chi connectivity index (χ3v) is 6.00. The molecule has 2 aromatic heterocycles. The highest BCUT2D eigenvalue weighted by molar-refractivity contribution is 7.15. The molecule has 0 atom stereocenters. The van der Waals surface area contributed by atoms with Crippen LogP contribution in [0.1, 0.15) is 5.56 Å². The number of rotatable bonds is 4. The molecule has 0 aliphatic heterocycles. The van der Waals surface area contributed by atoms with Gasteiger partial charge >= 0.3 is 0 Å². The summed E-state index contributed by atoms with van der Waals surface area (Å²) in [5.74, 6) is -0.188. The molecule has 0 aliphatic rings. The molecular formula is C19H10Cl4N4OS. The molecule has 0 radical (unpaired) electrons. The number of amides is 1. The number of benzene rings is 2. The molecule has 5 nitrogen and oxygen atoms in total. The smallest absolute Gasteiger partial charge is 0.250 e.